The highest BCUT2D eigenvalue weighted by molar-refractivity contribution is 5.87. The van der Waals surface area contributed by atoms with Gasteiger partial charge in [0.2, 0.25) is 5.91 Å². The molecule has 148 valence electrons. The maximum Gasteiger partial charge on any atom is 0.335 e. The first kappa shape index (κ1) is 19.9. The molecule has 1 N–H and O–H groups in total. The summed E-state index contributed by atoms with van der Waals surface area (Å²) in [6.45, 7) is 0.785. The summed E-state index contributed by atoms with van der Waals surface area (Å²) in [4.78, 5) is 26.0. The molecule has 1 amide bonds. The fourth-order valence-corrected chi connectivity index (χ4v) is 3.79. The number of rotatable bonds is 6. The van der Waals surface area contributed by atoms with Crippen LogP contribution in [0.3, 0.4) is 0 Å². The molecular formula is C23H27NO4. The Morgan fingerprint density at radius 2 is 1.75 bits per heavy atom. The number of carbonyl (C=O) groups is 2. The second-order valence-electron chi connectivity index (χ2n) is 7.23. The third kappa shape index (κ3) is 4.91. The van der Waals surface area contributed by atoms with Gasteiger partial charge in [-0.05, 0) is 54.7 Å². The molecule has 0 aliphatic carbocycles. The van der Waals surface area contributed by atoms with Gasteiger partial charge in [0.25, 0.3) is 0 Å². The average Bonchev–Trinajstić information content (AvgIpc) is 2.98. The standard InChI is InChI=1S/C23H27NO4/c1-28-20-13-11-18(12-14-20)21-5-3-2-4-16-24(21)22(25)15-8-17-6-9-19(10-7-17)23(26)27/h6-7,9-14,21H,2-5,8,15-16H2,1H3,(H,26,27). The van der Waals surface area contributed by atoms with E-state index in [4.69, 9.17) is 9.84 Å². The topological polar surface area (TPSA) is 66.8 Å². The zero-order valence-electron chi connectivity index (χ0n) is 16.3. The van der Waals surface area contributed by atoms with Crippen molar-refractivity contribution in [2.75, 3.05) is 13.7 Å². The van der Waals surface area contributed by atoms with Crippen LogP contribution in [0.25, 0.3) is 0 Å². The van der Waals surface area contributed by atoms with Crippen molar-refractivity contribution in [1.29, 1.82) is 0 Å². The first-order valence-corrected chi connectivity index (χ1v) is 9.84. The summed E-state index contributed by atoms with van der Waals surface area (Å²) in [6, 6.07) is 14.9. The van der Waals surface area contributed by atoms with Gasteiger partial charge in [-0.3, -0.25) is 4.79 Å². The predicted octanol–water partition coefficient (Wildman–Crippen LogP) is 4.47. The zero-order chi connectivity index (χ0) is 19.9. The van der Waals surface area contributed by atoms with Gasteiger partial charge in [0.1, 0.15) is 5.75 Å². The number of carbonyl (C=O) groups excluding carboxylic acids is 1. The molecule has 0 bridgehead atoms. The van der Waals surface area contributed by atoms with E-state index in [2.05, 4.69) is 12.1 Å². The first-order chi connectivity index (χ1) is 13.6. The van der Waals surface area contributed by atoms with Crippen LogP contribution in [0, 0.1) is 0 Å². The minimum absolute atomic E-state index is 0.107. The molecule has 5 nitrogen and oxygen atoms in total. The van der Waals surface area contributed by atoms with Gasteiger partial charge in [-0.25, -0.2) is 4.79 Å². The molecule has 0 saturated carbocycles. The molecule has 2 aromatic rings. The number of benzene rings is 2. The number of carboxylic acids is 1. The Balaban J connectivity index is 1.68. The molecule has 0 radical (unpaired) electrons. The van der Waals surface area contributed by atoms with Crippen molar-refractivity contribution in [3.8, 4) is 5.75 Å². The normalized spacial score (nSPS) is 17.0. The minimum atomic E-state index is -0.936. The number of aromatic carboxylic acids is 1. The molecule has 5 heteroatoms. The van der Waals surface area contributed by atoms with Gasteiger partial charge in [0.15, 0.2) is 0 Å². The van der Waals surface area contributed by atoms with E-state index >= 15 is 0 Å². The Kier molecular flexibility index (Phi) is 6.69. The number of hydrogen-bond donors (Lipinski definition) is 1. The van der Waals surface area contributed by atoms with Crippen LogP contribution in [0.2, 0.25) is 0 Å². The Morgan fingerprint density at radius 3 is 2.39 bits per heavy atom. The number of likely N-dealkylation sites (tertiary alicyclic amines) is 1. The van der Waals surface area contributed by atoms with Gasteiger partial charge in [0.05, 0.1) is 18.7 Å². The molecule has 1 saturated heterocycles. The van der Waals surface area contributed by atoms with Crippen molar-refractivity contribution in [2.45, 2.75) is 44.6 Å². The second kappa shape index (κ2) is 9.40. The molecule has 1 fully saturated rings. The Morgan fingerprint density at radius 1 is 1.04 bits per heavy atom. The first-order valence-electron chi connectivity index (χ1n) is 9.84. The Labute approximate surface area is 165 Å². The quantitative estimate of drug-likeness (QED) is 0.802. The van der Waals surface area contributed by atoms with Crippen LogP contribution in [-0.2, 0) is 11.2 Å². The van der Waals surface area contributed by atoms with Gasteiger partial charge < -0.3 is 14.7 Å². The number of ether oxygens (including phenoxy) is 1. The summed E-state index contributed by atoms with van der Waals surface area (Å²) < 4.78 is 5.25. The van der Waals surface area contributed by atoms with Crippen molar-refractivity contribution >= 4 is 11.9 Å². The molecule has 1 aliphatic heterocycles. The average molecular weight is 381 g/mol. The zero-order valence-corrected chi connectivity index (χ0v) is 16.3. The predicted molar refractivity (Wildman–Crippen MR) is 108 cm³/mol. The summed E-state index contributed by atoms with van der Waals surface area (Å²) >= 11 is 0. The summed E-state index contributed by atoms with van der Waals surface area (Å²) in [5.41, 5.74) is 2.40. The van der Waals surface area contributed by atoms with E-state index in [1.807, 2.05) is 17.0 Å². The van der Waals surface area contributed by atoms with E-state index in [1.165, 1.54) is 0 Å². The molecule has 1 atom stereocenters. The van der Waals surface area contributed by atoms with Crippen LogP contribution in [0.15, 0.2) is 48.5 Å². The number of methoxy groups -OCH3 is 1. The highest BCUT2D eigenvalue weighted by atomic mass is 16.5. The number of carboxylic acid groups (broad SMARTS) is 1. The minimum Gasteiger partial charge on any atom is -0.497 e. The maximum absolute atomic E-state index is 13.0. The van der Waals surface area contributed by atoms with E-state index < -0.39 is 5.97 Å². The lowest BCUT2D eigenvalue weighted by Crippen LogP contribution is -2.35. The summed E-state index contributed by atoms with van der Waals surface area (Å²) in [6.07, 6.45) is 5.32. The van der Waals surface area contributed by atoms with Crippen LogP contribution >= 0.6 is 0 Å². The molecule has 28 heavy (non-hydrogen) atoms. The molecule has 1 aliphatic rings. The van der Waals surface area contributed by atoms with Gasteiger partial charge in [-0.1, -0.05) is 37.1 Å². The monoisotopic (exact) mass is 381 g/mol. The smallest absolute Gasteiger partial charge is 0.335 e. The van der Waals surface area contributed by atoms with Crippen LogP contribution in [0.5, 0.6) is 5.75 Å². The lowest BCUT2D eigenvalue weighted by molar-refractivity contribution is -0.133. The van der Waals surface area contributed by atoms with Crippen LogP contribution in [0.4, 0.5) is 0 Å². The van der Waals surface area contributed by atoms with Crippen LogP contribution < -0.4 is 4.74 Å². The van der Waals surface area contributed by atoms with Crippen molar-refractivity contribution in [2.24, 2.45) is 0 Å². The van der Waals surface area contributed by atoms with Crippen molar-refractivity contribution in [3.05, 3.63) is 65.2 Å². The van der Waals surface area contributed by atoms with E-state index in [-0.39, 0.29) is 17.5 Å². The molecule has 0 aromatic heterocycles. The van der Waals surface area contributed by atoms with E-state index in [1.54, 1.807) is 31.4 Å². The van der Waals surface area contributed by atoms with Crippen molar-refractivity contribution < 1.29 is 19.4 Å². The lowest BCUT2D eigenvalue weighted by Gasteiger charge is -2.31. The third-order valence-corrected chi connectivity index (χ3v) is 5.40. The van der Waals surface area contributed by atoms with Crippen LogP contribution in [-0.4, -0.2) is 35.5 Å². The molecule has 1 unspecified atom stereocenters. The fourth-order valence-electron chi connectivity index (χ4n) is 3.79. The maximum atomic E-state index is 13.0. The SMILES string of the molecule is COc1ccc(C2CCCCCN2C(=O)CCc2ccc(C(=O)O)cc2)cc1. The number of amides is 1. The highest BCUT2D eigenvalue weighted by Gasteiger charge is 2.26. The number of aryl methyl sites for hydroxylation is 1. The Hall–Kier alpha value is -2.82. The van der Waals surface area contributed by atoms with Crippen molar-refractivity contribution in [3.63, 3.8) is 0 Å². The third-order valence-electron chi connectivity index (χ3n) is 5.40. The number of hydrogen-bond acceptors (Lipinski definition) is 3. The fraction of sp³-hybridized carbons (Fsp3) is 0.391. The molecule has 1 heterocycles. The second-order valence-corrected chi connectivity index (χ2v) is 7.23. The summed E-state index contributed by atoms with van der Waals surface area (Å²) in [5, 5.41) is 8.99. The van der Waals surface area contributed by atoms with Gasteiger partial charge in [-0.15, -0.1) is 0 Å². The van der Waals surface area contributed by atoms with Crippen molar-refractivity contribution in [1.82, 2.24) is 4.90 Å². The van der Waals surface area contributed by atoms with Gasteiger partial charge in [-0.2, -0.15) is 0 Å². The van der Waals surface area contributed by atoms with Gasteiger partial charge >= 0.3 is 5.97 Å². The molecule has 0 spiro atoms. The largest absolute Gasteiger partial charge is 0.497 e. The van der Waals surface area contributed by atoms with Crippen LogP contribution in [0.1, 0.15) is 59.6 Å². The highest BCUT2D eigenvalue weighted by Crippen LogP contribution is 2.31. The Bertz CT molecular complexity index is 798. The van der Waals surface area contributed by atoms with Gasteiger partial charge in [0, 0.05) is 13.0 Å². The van der Waals surface area contributed by atoms with E-state index in [9.17, 15) is 9.59 Å². The number of nitrogens with zero attached hydrogens (tertiary/aromatic N) is 1. The summed E-state index contributed by atoms with van der Waals surface area (Å²) in [7, 11) is 1.65. The van der Waals surface area contributed by atoms with E-state index in [0.29, 0.717) is 12.8 Å². The molecular weight excluding hydrogens is 354 g/mol. The molecule has 2 aromatic carbocycles. The summed E-state index contributed by atoms with van der Waals surface area (Å²) in [5.74, 6) is 0.0413. The lowest BCUT2D eigenvalue weighted by atomic mass is 9.99. The molecule has 3 rings (SSSR count). The van der Waals surface area contributed by atoms with E-state index in [0.717, 1.165) is 49.1 Å².